The number of hydrogen-bond donors (Lipinski definition) is 2. The van der Waals surface area contributed by atoms with Crippen LogP contribution in [0, 0.1) is 5.82 Å². The molecule has 0 atom stereocenters. The Hall–Kier alpha value is -1.91. The van der Waals surface area contributed by atoms with Crippen LogP contribution in [0.4, 0.5) is 10.3 Å². The van der Waals surface area contributed by atoms with Gasteiger partial charge in [0, 0.05) is 0 Å². The minimum atomic E-state index is -0.360. The van der Waals surface area contributed by atoms with E-state index in [-0.39, 0.29) is 17.6 Å². The zero-order valence-corrected chi connectivity index (χ0v) is 6.66. The minimum Gasteiger partial charge on any atom is -0.368 e. The number of benzene rings is 1. The summed E-state index contributed by atoms with van der Waals surface area (Å²) in [6, 6.07) is 6.26. The lowest BCUT2D eigenvalue weighted by Gasteiger charge is -1.94. The van der Waals surface area contributed by atoms with Gasteiger partial charge in [0.15, 0.2) is 5.82 Å². The standard InChI is InChI=1S/C8H7FN4/c9-6-4-2-1-3-5(6)7-11-8(10)13-12-7/h1-4H,(H3,10,11,12,13). The van der Waals surface area contributed by atoms with E-state index in [1.54, 1.807) is 18.2 Å². The predicted octanol–water partition coefficient (Wildman–Crippen LogP) is 1.19. The summed E-state index contributed by atoms with van der Waals surface area (Å²) in [6.45, 7) is 0. The molecule has 0 spiro atoms. The number of hydrogen-bond acceptors (Lipinski definition) is 3. The highest BCUT2D eigenvalue weighted by atomic mass is 19.1. The first-order valence-electron chi connectivity index (χ1n) is 3.70. The predicted molar refractivity (Wildman–Crippen MR) is 46.2 cm³/mol. The van der Waals surface area contributed by atoms with Gasteiger partial charge in [-0.25, -0.2) is 9.49 Å². The third kappa shape index (κ3) is 1.35. The lowest BCUT2D eigenvalue weighted by Crippen LogP contribution is -1.87. The average Bonchev–Trinajstić information content (AvgIpc) is 2.53. The quantitative estimate of drug-likeness (QED) is 0.689. The van der Waals surface area contributed by atoms with Crippen LogP contribution < -0.4 is 5.73 Å². The van der Waals surface area contributed by atoms with Crippen LogP contribution in [0.3, 0.4) is 0 Å². The average molecular weight is 178 g/mol. The molecule has 0 unspecified atom stereocenters. The van der Waals surface area contributed by atoms with Crippen molar-refractivity contribution in [1.82, 2.24) is 15.2 Å². The van der Waals surface area contributed by atoms with E-state index in [2.05, 4.69) is 15.2 Å². The molecule has 0 amide bonds. The fraction of sp³-hybridized carbons (Fsp3) is 0. The summed E-state index contributed by atoms with van der Waals surface area (Å²) in [5.74, 6) is 0.0929. The van der Waals surface area contributed by atoms with Crippen LogP contribution in [0.15, 0.2) is 24.3 Å². The summed E-state index contributed by atoms with van der Waals surface area (Å²) in [5.41, 5.74) is 5.66. The molecule has 13 heavy (non-hydrogen) atoms. The molecule has 3 N–H and O–H groups in total. The molecule has 2 rings (SSSR count). The van der Waals surface area contributed by atoms with Gasteiger partial charge in [-0.2, -0.15) is 10.1 Å². The summed E-state index contributed by atoms with van der Waals surface area (Å²) >= 11 is 0. The Balaban J connectivity index is 2.52. The number of nitrogens with two attached hydrogens (primary N) is 1. The number of H-pyrrole nitrogens is 1. The fourth-order valence-electron chi connectivity index (χ4n) is 1.04. The lowest BCUT2D eigenvalue weighted by atomic mass is 10.2. The zero-order chi connectivity index (χ0) is 9.26. The highest BCUT2D eigenvalue weighted by Gasteiger charge is 2.07. The van der Waals surface area contributed by atoms with Crippen molar-refractivity contribution in [2.24, 2.45) is 0 Å². The van der Waals surface area contributed by atoms with E-state index in [9.17, 15) is 4.39 Å². The third-order valence-electron chi connectivity index (χ3n) is 1.62. The Morgan fingerprint density at radius 3 is 2.69 bits per heavy atom. The summed E-state index contributed by atoms with van der Waals surface area (Å²) in [4.78, 5) is 3.81. The van der Waals surface area contributed by atoms with Crippen molar-refractivity contribution in [1.29, 1.82) is 0 Å². The number of nitrogens with zero attached hydrogens (tertiary/aromatic N) is 2. The molecule has 1 aromatic carbocycles. The lowest BCUT2D eigenvalue weighted by molar-refractivity contribution is 0.630. The number of anilines is 1. The Labute approximate surface area is 73.6 Å². The molecule has 0 aliphatic heterocycles. The van der Waals surface area contributed by atoms with E-state index in [0.29, 0.717) is 5.56 Å². The first-order valence-corrected chi connectivity index (χ1v) is 3.70. The van der Waals surface area contributed by atoms with Crippen LogP contribution in [0.2, 0.25) is 0 Å². The third-order valence-corrected chi connectivity index (χ3v) is 1.62. The number of aromatic nitrogens is 3. The molecule has 4 nitrogen and oxygen atoms in total. The van der Waals surface area contributed by atoms with Crippen molar-refractivity contribution in [3.8, 4) is 11.4 Å². The Kier molecular flexibility index (Phi) is 1.70. The monoisotopic (exact) mass is 178 g/mol. The highest BCUT2D eigenvalue weighted by molar-refractivity contribution is 5.56. The number of nitrogen functional groups attached to an aromatic ring is 1. The number of rotatable bonds is 1. The second-order valence-electron chi connectivity index (χ2n) is 2.52. The van der Waals surface area contributed by atoms with Crippen LogP contribution in [-0.4, -0.2) is 15.2 Å². The second kappa shape index (κ2) is 2.85. The van der Waals surface area contributed by atoms with Crippen molar-refractivity contribution in [3.05, 3.63) is 30.1 Å². The Morgan fingerprint density at radius 1 is 1.31 bits per heavy atom. The van der Waals surface area contributed by atoms with Gasteiger partial charge in [-0.3, -0.25) is 0 Å². The molecule has 0 saturated heterocycles. The summed E-state index contributed by atoms with van der Waals surface area (Å²) in [6.07, 6.45) is 0. The summed E-state index contributed by atoms with van der Waals surface area (Å²) < 4.78 is 13.1. The van der Waals surface area contributed by atoms with Gasteiger partial charge in [-0.1, -0.05) is 12.1 Å². The largest absolute Gasteiger partial charge is 0.368 e. The molecule has 0 fully saturated rings. The molecule has 2 aromatic rings. The molecule has 0 saturated carbocycles. The van der Waals surface area contributed by atoms with Gasteiger partial charge >= 0.3 is 0 Å². The molecule has 0 bridgehead atoms. The van der Waals surface area contributed by atoms with Gasteiger partial charge in [0.1, 0.15) is 5.82 Å². The smallest absolute Gasteiger partial charge is 0.216 e. The Bertz CT molecular complexity index is 424. The van der Waals surface area contributed by atoms with Gasteiger partial charge in [0.05, 0.1) is 5.56 Å². The van der Waals surface area contributed by atoms with Crippen LogP contribution >= 0.6 is 0 Å². The van der Waals surface area contributed by atoms with E-state index < -0.39 is 0 Å². The zero-order valence-electron chi connectivity index (χ0n) is 6.66. The first kappa shape index (κ1) is 7.72. The fourth-order valence-corrected chi connectivity index (χ4v) is 1.04. The second-order valence-corrected chi connectivity index (χ2v) is 2.52. The summed E-state index contributed by atoms with van der Waals surface area (Å²) in [5, 5.41) is 6.19. The van der Waals surface area contributed by atoms with E-state index >= 15 is 0 Å². The molecule has 0 aliphatic carbocycles. The number of nitrogens with one attached hydrogen (secondary N) is 1. The van der Waals surface area contributed by atoms with E-state index in [0.717, 1.165) is 0 Å². The molecule has 0 aliphatic rings. The van der Waals surface area contributed by atoms with Crippen LogP contribution in [0.1, 0.15) is 0 Å². The van der Waals surface area contributed by atoms with Crippen LogP contribution in [0.5, 0.6) is 0 Å². The SMILES string of the molecule is Nc1nc(-c2ccccc2F)n[nH]1. The van der Waals surface area contributed by atoms with Crippen molar-refractivity contribution in [3.63, 3.8) is 0 Å². The molecular weight excluding hydrogens is 171 g/mol. The van der Waals surface area contributed by atoms with E-state index in [4.69, 9.17) is 5.73 Å². The van der Waals surface area contributed by atoms with Gasteiger partial charge in [-0.05, 0) is 12.1 Å². The molecule has 1 heterocycles. The molecule has 5 heteroatoms. The Morgan fingerprint density at radius 2 is 2.08 bits per heavy atom. The maximum Gasteiger partial charge on any atom is 0.216 e. The van der Waals surface area contributed by atoms with Crippen LogP contribution in [-0.2, 0) is 0 Å². The van der Waals surface area contributed by atoms with E-state index in [1.807, 2.05) is 0 Å². The maximum atomic E-state index is 13.1. The van der Waals surface area contributed by atoms with Crippen LogP contribution in [0.25, 0.3) is 11.4 Å². The minimum absolute atomic E-state index is 0.179. The normalized spacial score (nSPS) is 10.2. The van der Waals surface area contributed by atoms with Crippen molar-refractivity contribution >= 4 is 5.95 Å². The van der Waals surface area contributed by atoms with Crippen molar-refractivity contribution < 1.29 is 4.39 Å². The molecular formula is C8H7FN4. The van der Waals surface area contributed by atoms with E-state index in [1.165, 1.54) is 6.07 Å². The number of aromatic amines is 1. The highest BCUT2D eigenvalue weighted by Crippen LogP contribution is 2.18. The first-order chi connectivity index (χ1) is 6.27. The van der Waals surface area contributed by atoms with Gasteiger partial charge < -0.3 is 5.73 Å². The molecule has 66 valence electrons. The topological polar surface area (TPSA) is 67.6 Å². The van der Waals surface area contributed by atoms with Crippen molar-refractivity contribution in [2.75, 3.05) is 5.73 Å². The maximum absolute atomic E-state index is 13.1. The summed E-state index contributed by atoms with van der Waals surface area (Å²) in [7, 11) is 0. The van der Waals surface area contributed by atoms with Gasteiger partial charge in [0.25, 0.3) is 0 Å². The van der Waals surface area contributed by atoms with Gasteiger partial charge in [0.2, 0.25) is 5.95 Å². The van der Waals surface area contributed by atoms with Crippen molar-refractivity contribution in [2.45, 2.75) is 0 Å². The van der Waals surface area contributed by atoms with Gasteiger partial charge in [-0.15, -0.1) is 0 Å². The molecule has 0 radical (unpaired) electrons. The molecule has 1 aromatic heterocycles. The number of halogens is 1.